The number of ether oxygens (including phenoxy) is 1. The number of phenols is 1. The Morgan fingerprint density at radius 1 is 1.39 bits per heavy atom. The summed E-state index contributed by atoms with van der Waals surface area (Å²) in [5, 5.41) is 9.54. The molecular weight excluding hydrogens is 226 g/mol. The van der Waals surface area contributed by atoms with E-state index in [0.717, 1.165) is 32.5 Å². The van der Waals surface area contributed by atoms with Crippen molar-refractivity contribution in [3.63, 3.8) is 0 Å². The van der Waals surface area contributed by atoms with Gasteiger partial charge in [0, 0.05) is 19.1 Å². The fourth-order valence-electron chi connectivity index (χ4n) is 3.28. The van der Waals surface area contributed by atoms with E-state index in [1.807, 2.05) is 12.1 Å². The van der Waals surface area contributed by atoms with Crippen LogP contribution in [0.15, 0.2) is 18.2 Å². The molecule has 0 radical (unpaired) electrons. The first-order valence-corrected chi connectivity index (χ1v) is 6.75. The van der Waals surface area contributed by atoms with E-state index in [9.17, 15) is 5.11 Å². The third kappa shape index (κ3) is 2.13. The maximum absolute atomic E-state index is 9.54. The minimum atomic E-state index is -0.0437. The van der Waals surface area contributed by atoms with Gasteiger partial charge in [-0.3, -0.25) is 4.90 Å². The van der Waals surface area contributed by atoms with Crippen LogP contribution < -0.4 is 0 Å². The van der Waals surface area contributed by atoms with E-state index in [2.05, 4.69) is 24.8 Å². The van der Waals surface area contributed by atoms with E-state index < -0.39 is 0 Å². The molecule has 0 saturated carbocycles. The molecule has 1 saturated heterocycles. The van der Waals surface area contributed by atoms with Crippen molar-refractivity contribution in [2.24, 2.45) is 0 Å². The Hall–Kier alpha value is -1.06. The Bertz CT molecular complexity index is 456. The van der Waals surface area contributed by atoms with Crippen LogP contribution in [0.1, 0.15) is 37.4 Å². The van der Waals surface area contributed by atoms with Crippen molar-refractivity contribution in [2.75, 3.05) is 19.7 Å². The molecule has 1 aliphatic heterocycles. The van der Waals surface area contributed by atoms with Crippen LogP contribution >= 0.6 is 0 Å². The Kier molecular flexibility index (Phi) is 2.83. The van der Waals surface area contributed by atoms with Crippen LogP contribution in [0.3, 0.4) is 0 Å². The number of morpholine rings is 1. The standard InChI is InChI=1S/C15H21NO2/c1-15(2)10-16(7-8-18-15)14-6-3-11-9-12(17)4-5-13(11)14/h4-5,9,14,17H,3,6-8,10H2,1-2H3. The largest absolute Gasteiger partial charge is 0.508 e. The minimum absolute atomic E-state index is 0.0437. The van der Waals surface area contributed by atoms with E-state index in [1.54, 1.807) is 0 Å². The van der Waals surface area contributed by atoms with Gasteiger partial charge in [-0.25, -0.2) is 0 Å². The van der Waals surface area contributed by atoms with Gasteiger partial charge >= 0.3 is 0 Å². The van der Waals surface area contributed by atoms with Crippen LogP contribution in [0.4, 0.5) is 0 Å². The highest BCUT2D eigenvalue weighted by molar-refractivity contribution is 5.40. The molecule has 1 heterocycles. The maximum atomic E-state index is 9.54. The molecule has 1 aromatic carbocycles. The predicted octanol–water partition coefficient (Wildman–Crippen LogP) is 2.49. The number of benzene rings is 1. The first-order valence-electron chi connectivity index (χ1n) is 6.75. The number of fused-ring (bicyclic) bond motifs is 1. The van der Waals surface area contributed by atoms with Gasteiger partial charge in [-0.1, -0.05) is 6.07 Å². The third-order valence-corrected chi connectivity index (χ3v) is 4.07. The van der Waals surface area contributed by atoms with Gasteiger partial charge in [0.25, 0.3) is 0 Å². The van der Waals surface area contributed by atoms with Gasteiger partial charge in [-0.05, 0) is 49.9 Å². The van der Waals surface area contributed by atoms with Gasteiger partial charge in [0.2, 0.25) is 0 Å². The molecule has 3 rings (SSSR count). The van der Waals surface area contributed by atoms with Crippen LogP contribution in [0, 0.1) is 0 Å². The highest BCUT2D eigenvalue weighted by atomic mass is 16.5. The van der Waals surface area contributed by atoms with Crippen LogP contribution in [-0.2, 0) is 11.2 Å². The zero-order chi connectivity index (χ0) is 12.8. The average Bonchev–Trinajstić information content (AvgIpc) is 2.70. The molecule has 1 aliphatic carbocycles. The monoisotopic (exact) mass is 247 g/mol. The second-order valence-electron chi connectivity index (χ2n) is 6.02. The molecule has 0 bridgehead atoms. The van der Waals surface area contributed by atoms with Crippen LogP contribution in [0.2, 0.25) is 0 Å². The average molecular weight is 247 g/mol. The number of aromatic hydroxyl groups is 1. The van der Waals surface area contributed by atoms with Crippen molar-refractivity contribution < 1.29 is 9.84 Å². The van der Waals surface area contributed by atoms with Gasteiger partial charge in [0.05, 0.1) is 12.2 Å². The lowest BCUT2D eigenvalue weighted by atomic mass is 10.0. The van der Waals surface area contributed by atoms with Crippen molar-refractivity contribution in [3.05, 3.63) is 29.3 Å². The Morgan fingerprint density at radius 3 is 3.00 bits per heavy atom. The van der Waals surface area contributed by atoms with Crippen LogP contribution in [-0.4, -0.2) is 35.3 Å². The highest BCUT2D eigenvalue weighted by Crippen LogP contribution is 2.38. The second-order valence-corrected chi connectivity index (χ2v) is 6.02. The van der Waals surface area contributed by atoms with E-state index in [0.29, 0.717) is 11.8 Å². The van der Waals surface area contributed by atoms with Gasteiger partial charge in [-0.2, -0.15) is 0 Å². The summed E-state index contributed by atoms with van der Waals surface area (Å²) in [4.78, 5) is 2.53. The smallest absolute Gasteiger partial charge is 0.115 e. The summed E-state index contributed by atoms with van der Waals surface area (Å²) in [6, 6.07) is 6.32. The molecule has 1 fully saturated rings. The maximum Gasteiger partial charge on any atom is 0.115 e. The lowest BCUT2D eigenvalue weighted by Gasteiger charge is -2.41. The summed E-state index contributed by atoms with van der Waals surface area (Å²) in [5.41, 5.74) is 2.66. The molecule has 1 unspecified atom stereocenters. The Morgan fingerprint density at radius 2 is 2.22 bits per heavy atom. The SMILES string of the molecule is CC1(C)CN(C2CCc3cc(O)ccc32)CCO1. The molecule has 0 aromatic heterocycles. The zero-order valence-electron chi connectivity index (χ0n) is 11.1. The van der Waals surface area contributed by atoms with Gasteiger partial charge in [0.15, 0.2) is 0 Å². The number of phenolic OH excluding ortho intramolecular Hbond substituents is 1. The van der Waals surface area contributed by atoms with Crippen LogP contribution in [0.25, 0.3) is 0 Å². The van der Waals surface area contributed by atoms with Crippen molar-refractivity contribution in [2.45, 2.75) is 38.3 Å². The molecule has 3 heteroatoms. The summed E-state index contributed by atoms with van der Waals surface area (Å²) in [5.74, 6) is 0.386. The highest BCUT2D eigenvalue weighted by Gasteiger charge is 2.34. The van der Waals surface area contributed by atoms with Gasteiger partial charge < -0.3 is 9.84 Å². The number of rotatable bonds is 1. The molecule has 0 spiro atoms. The molecule has 1 atom stereocenters. The van der Waals surface area contributed by atoms with E-state index in [4.69, 9.17) is 4.74 Å². The fourth-order valence-corrected chi connectivity index (χ4v) is 3.28. The van der Waals surface area contributed by atoms with Crippen LogP contribution in [0.5, 0.6) is 5.75 Å². The molecule has 1 N–H and O–H groups in total. The van der Waals surface area contributed by atoms with Gasteiger partial charge in [-0.15, -0.1) is 0 Å². The first-order chi connectivity index (χ1) is 8.55. The number of hydrogen-bond acceptors (Lipinski definition) is 3. The minimum Gasteiger partial charge on any atom is -0.508 e. The molecular formula is C15H21NO2. The first kappa shape index (κ1) is 12.0. The van der Waals surface area contributed by atoms with E-state index in [1.165, 1.54) is 11.1 Å². The van der Waals surface area contributed by atoms with Crippen molar-refractivity contribution in [1.82, 2.24) is 4.90 Å². The lowest BCUT2D eigenvalue weighted by Crippen LogP contribution is -2.49. The summed E-state index contributed by atoms with van der Waals surface area (Å²) in [7, 11) is 0. The quantitative estimate of drug-likeness (QED) is 0.827. The van der Waals surface area contributed by atoms with E-state index in [-0.39, 0.29) is 5.60 Å². The Labute approximate surface area is 108 Å². The van der Waals surface area contributed by atoms with Gasteiger partial charge in [0.1, 0.15) is 5.75 Å². The van der Waals surface area contributed by atoms with Crippen molar-refractivity contribution in [1.29, 1.82) is 0 Å². The predicted molar refractivity (Wildman–Crippen MR) is 70.8 cm³/mol. The summed E-state index contributed by atoms with van der Waals surface area (Å²) in [6.07, 6.45) is 2.24. The molecule has 0 amide bonds. The molecule has 3 nitrogen and oxygen atoms in total. The number of hydrogen-bond donors (Lipinski definition) is 1. The molecule has 98 valence electrons. The summed E-state index contributed by atoms with van der Waals surface area (Å²) in [6.45, 7) is 7.13. The Balaban J connectivity index is 1.83. The molecule has 1 aromatic rings. The third-order valence-electron chi connectivity index (χ3n) is 4.07. The zero-order valence-corrected chi connectivity index (χ0v) is 11.1. The normalized spacial score (nSPS) is 27.1. The topological polar surface area (TPSA) is 32.7 Å². The molecule has 18 heavy (non-hydrogen) atoms. The van der Waals surface area contributed by atoms with E-state index >= 15 is 0 Å². The van der Waals surface area contributed by atoms with Crippen molar-refractivity contribution in [3.8, 4) is 5.75 Å². The molecule has 2 aliphatic rings. The lowest BCUT2D eigenvalue weighted by molar-refractivity contribution is -0.0974. The number of nitrogens with zero attached hydrogens (tertiary/aromatic N) is 1. The summed E-state index contributed by atoms with van der Waals surface area (Å²) < 4.78 is 5.78. The number of aryl methyl sites for hydroxylation is 1. The fraction of sp³-hybridized carbons (Fsp3) is 0.600. The summed E-state index contributed by atoms with van der Waals surface area (Å²) >= 11 is 0. The van der Waals surface area contributed by atoms with Crippen molar-refractivity contribution >= 4 is 0 Å². The second kappa shape index (κ2) is 4.25.